The highest BCUT2D eigenvalue weighted by Gasteiger charge is 2.21. The Labute approximate surface area is 226 Å². The highest BCUT2D eigenvalue weighted by atomic mass is 16.5. The summed E-state index contributed by atoms with van der Waals surface area (Å²) < 4.78 is 11.6. The highest BCUT2D eigenvalue weighted by molar-refractivity contribution is 6.04. The van der Waals surface area contributed by atoms with E-state index >= 15 is 0 Å². The van der Waals surface area contributed by atoms with Crippen LogP contribution < -0.4 is 19.7 Å². The first kappa shape index (κ1) is 25.8. The number of aromatic carboxylic acids is 1. The maximum Gasteiger partial charge on any atom is 0.335 e. The molecule has 1 amide bonds. The summed E-state index contributed by atoms with van der Waals surface area (Å²) in [5.41, 5.74) is 1.37. The number of carbonyl (C=O) groups excluding carboxylic acids is 1. The number of amides is 1. The summed E-state index contributed by atoms with van der Waals surface area (Å²) in [5, 5.41) is 12.0. The van der Waals surface area contributed by atoms with Crippen LogP contribution in [-0.2, 0) is 0 Å². The first-order valence-corrected chi connectivity index (χ1v) is 12.8. The van der Waals surface area contributed by atoms with Gasteiger partial charge in [0.25, 0.3) is 5.91 Å². The molecule has 5 rings (SSSR count). The van der Waals surface area contributed by atoms with Crippen molar-refractivity contribution in [3.05, 3.63) is 108 Å². The molecule has 0 spiro atoms. The topological polar surface area (TPSA) is 101 Å². The minimum absolute atomic E-state index is 0.217. The Morgan fingerprint density at radius 3 is 2.26 bits per heavy atom. The number of carboxylic acids is 1. The van der Waals surface area contributed by atoms with E-state index in [1.807, 2.05) is 42.5 Å². The number of rotatable bonds is 9. The van der Waals surface area contributed by atoms with Crippen molar-refractivity contribution in [2.75, 3.05) is 29.9 Å². The van der Waals surface area contributed by atoms with E-state index in [-0.39, 0.29) is 11.5 Å². The average Bonchev–Trinajstić information content (AvgIpc) is 2.98. The summed E-state index contributed by atoms with van der Waals surface area (Å²) in [6.07, 6.45) is 3.57. The van der Waals surface area contributed by atoms with Crippen molar-refractivity contribution in [3.8, 4) is 17.2 Å². The van der Waals surface area contributed by atoms with Crippen LogP contribution in [0.25, 0.3) is 0 Å². The first-order chi connectivity index (χ1) is 19.0. The Bertz CT molecular complexity index is 1400. The summed E-state index contributed by atoms with van der Waals surface area (Å²) in [4.78, 5) is 30.6. The van der Waals surface area contributed by atoms with Gasteiger partial charge >= 0.3 is 5.97 Å². The van der Waals surface area contributed by atoms with Crippen molar-refractivity contribution in [1.29, 1.82) is 0 Å². The van der Waals surface area contributed by atoms with Gasteiger partial charge in [-0.15, -0.1) is 0 Å². The minimum Gasteiger partial charge on any atom is -0.493 e. The molecule has 2 N–H and O–H groups in total. The number of anilines is 2. The van der Waals surface area contributed by atoms with Crippen molar-refractivity contribution in [2.45, 2.75) is 12.8 Å². The number of carboxylic acid groups (broad SMARTS) is 1. The van der Waals surface area contributed by atoms with Crippen LogP contribution in [0.5, 0.6) is 17.2 Å². The molecule has 198 valence electrons. The summed E-state index contributed by atoms with van der Waals surface area (Å²) in [6.45, 7) is 2.24. The zero-order valence-electron chi connectivity index (χ0n) is 21.3. The fourth-order valence-electron chi connectivity index (χ4n) is 4.41. The molecule has 0 atom stereocenters. The lowest BCUT2D eigenvalue weighted by molar-refractivity contribution is 0.0696. The molecule has 8 nitrogen and oxygen atoms in total. The number of benzene rings is 3. The van der Waals surface area contributed by atoms with E-state index in [9.17, 15) is 9.59 Å². The molecule has 0 bridgehead atoms. The van der Waals surface area contributed by atoms with Crippen LogP contribution in [0.4, 0.5) is 11.5 Å². The molecule has 4 aromatic rings. The molecular weight excluding hydrogens is 494 g/mol. The van der Waals surface area contributed by atoms with E-state index in [2.05, 4.69) is 15.2 Å². The van der Waals surface area contributed by atoms with Crippen molar-refractivity contribution >= 4 is 23.4 Å². The number of piperidine rings is 1. The van der Waals surface area contributed by atoms with Gasteiger partial charge in [-0.2, -0.15) is 0 Å². The average molecular weight is 524 g/mol. The number of nitrogens with one attached hydrogen (secondary N) is 1. The third kappa shape index (κ3) is 6.93. The van der Waals surface area contributed by atoms with E-state index in [1.54, 1.807) is 54.7 Å². The number of pyridine rings is 1. The SMILES string of the molecule is O=C(O)c1cccc(OCC2CCN(c3ccc(NC(=O)c4ccc(Oc5ccccc5)cc4)cn3)CC2)c1. The summed E-state index contributed by atoms with van der Waals surface area (Å²) in [6, 6.07) is 26.8. The second kappa shape index (κ2) is 12.1. The number of carbonyl (C=O) groups is 2. The van der Waals surface area contributed by atoms with Crippen LogP contribution in [-0.4, -0.2) is 41.7 Å². The number of nitrogens with zero attached hydrogens (tertiary/aromatic N) is 2. The molecule has 1 fully saturated rings. The second-order valence-electron chi connectivity index (χ2n) is 9.37. The Morgan fingerprint density at radius 1 is 0.846 bits per heavy atom. The maximum absolute atomic E-state index is 12.7. The van der Waals surface area contributed by atoms with Crippen LogP contribution >= 0.6 is 0 Å². The molecule has 1 aromatic heterocycles. The van der Waals surface area contributed by atoms with Crippen molar-refractivity contribution in [3.63, 3.8) is 0 Å². The van der Waals surface area contributed by atoms with Gasteiger partial charge < -0.3 is 24.8 Å². The predicted molar refractivity (Wildman–Crippen MR) is 149 cm³/mol. The van der Waals surface area contributed by atoms with E-state index in [1.165, 1.54) is 0 Å². The Kier molecular flexibility index (Phi) is 8.02. The van der Waals surface area contributed by atoms with E-state index in [0.29, 0.717) is 35.3 Å². The summed E-state index contributed by atoms with van der Waals surface area (Å²) >= 11 is 0. The van der Waals surface area contributed by atoms with Gasteiger partial charge in [0.1, 0.15) is 23.1 Å². The smallest absolute Gasteiger partial charge is 0.335 e. The Balaban J connectivity index is 1.08. The first-order valence-electron chi connectivity index (χ1n) is 12.8. The third-order valence-corrected chi connectivity index (χ3v) is 6.61. The van der Waals surface area contributed by atoms with Gasteiger partial charge in [0.15, 0.2) is 0 Å². The van der Waals surface area contributed by atoms with E-state index < -0.39 is 5.97 Å². The standard InChI is InChI=1S/C31H29N3O5/c35-30(23-9-12-27(13-10-23)39-26-6-2-1-3-7-26)33-25-11-14-29(32-20-25)34-17-15-22(16-18-34)21-38-28-8-4-5-24(19-28)31(36)37/h1-14,19-20,22H,15-18,21H2,(H,33,35)(H,36,37). The summed E-state index contributed by atoms with van der Waals surface area (Å²) in [7, 11) is 0. The molecule has 0 unspecified atom stereocenters. The molecule has 2 heterocycles. The third-order valence-electron chi connectivity index (χ3n) is 6.61. The molecule has 1 aliphatic heterocycles. The molecule has 39 heavy (non-hydrogen) atoms. The lowest BCUT2D eigenvalue weighted by Gasteiger charge is -2.32. The monoisotopic (exact) mass is 523 g/mol. The highest BCUT2D eigenvalue weighted by Crippen LogP contribution is 2.25. The number of aromatic nitrogens is 1. The molecular formula is C31H29N3O5. The van der Waals surface area contributed by atoms with Gasteiger partial charge in [-0.1, -0.05) is 24.3 Å². The fraction of sp³-hybridized carbons (Fsp3) is 0.194. The lowest BCUT2D eigenvalue weighted by Crippen LogP contribution is -2.36. The Morgan fingerprint density at radius 2 is 1.56 bits per heavy atom. The van der Waals surface area contributed by atoms with E-state index in [4.69, 9.17) is 14.6 Å². The minimum atomic E-state index is -0.963. The molecule has 1 saturated heterocycles. The number of para-hydroxylation sites is 1. The second-order valence-corrected chi connectivity index (χ2v) is 9.37. The lowest BCUT2D eigenvalue weighted by atomic mass is 9.98. The van der Waals surface area contributed by atoms with Crippen molar-refractivity contribution in [2.24, 2.45) is 5.92 Å². The van der Waals surface area contributed by atoms with Gasteiger partial charge in [0.05, 0.1) is 24.1 Å². The predicted octanol–water partition coefficient (Wildman–Crippen LogP) is 6.12. The molecule has 0 aliphatic carbocycles. The van der Waals surface area contributed by atoms with Gasteiger partial charge in [-0.05, 0) is 85.5 Å². The largest absolute Gasteiger partial charge is 0.493 e. The van der Waals surface area contributed by atoms with Crippen LogP contribution in [0.3, 0.4) is 0 Å². The zero-order chi connectivity index (χ0) is 27.0. The zero-order valence-corrected chi connectivity index (χ0v) is 21.3. The van der Waals surface area contributed by atoms with Crippen molar-refractivity contribution < 1.29 is 24.2 Å². The van der Waals surface area contributed by atoms with Gasteiger partial charge in [-0.3, -0.25) is 4.79 Å². The van der Waals surface area contributed by atoms with Gasteiger partial charge in [-0.25, -0.2) is 9.78 Å². The molecule has 0 radical (unpaired) electrons. The fourth-order valence-corrected chi connectivity index (χ4v) is 4.41. The van der Waals surface area contributed by atoms with Crippen LogP contribution in [0.2, 0.25) is 0 Å². The van der Waals surface area contributed by atoms with Crippen molar-refractivity contribution in [1.82, 2.24) is 4.98 Å². The number of ether oxygens (including phenoxy) is 2. The molecule has 8 heteroatoms. The maximum atomic E-state index is 12.7. The van der Waals surface area contributed by atoms with Gasteiger partial charge in [0, 0.05) is 18.7 Å². The normalized spacial score (nSPS) is 13.5. The van der Waals surface area contributed by atoms with E-state index in [0.717, 1.165) is 37.5 Å². The molecule has 0 saturated carbocycles. The molecule has 1 aliphatic rings. The molecule has 3 aromatic carbocycles. The number of hydrogen-bond acceptors (Lipinski definition) is 6. The summed E-state index contributed by atoms with van der Waals surface area (Å²) in [5.74, 6) is 2.05. The van der Waals surface area contributed by atoms with Crippen LogP contribution in [0.1, 0.15) is 33.6 Å². The van der Waals surface area contributed by atoms with Crippen LogP contribution in [0, 0.1) is 5.92 Å². The van der Waals surface area contributed by atoms with Gasteiger partial charge in [0.2, 0.25) is 0 Å². The quantitative estimate of drug-likeness (QED) is 0.273. The van der Waals surface area contributed by atoms with Crippen LogP contribution in [0.15, 0.2) is 97.2 Å². The number of hydrogen-bond donors (Lipinski definition) is 2. The Hall–Kier alpha value is -4.85.